The zero-order chi connectivity index (χ0) is 81.6. The molecule has 1 fully saturated rings. The lowest BCUT2D eigenvalue weighted by Crippen LogP contribution is -2.62. The van der Waals surface area contributed by atoms with Gasteiger partial charge in [0.2, 0.25) is 82.7 Å². The Bertz CT molecular complexity index is 4140. The summed E-state index contributed by atoms with van der Waals surface area (Å²) in [5, 5.41) is 63.4. The number of para-hydroxylation sites is 2. The number of benzene rings is 3. The Labute approximate surface area is 645 Å². The maximum atomic E-state index is 15.1. The number of nitrogens with two attached hydrogens (primary N) is 4. The Morgan fingerprint density at radius 3 is 1.38 bits per heavy atom. The van der Waals surface area contributed by atoms with Crippen LogP contribution in [0.2, 0.25) is 0 Å². The van der Waals surface area contributed by atoms with Crippen LogP contribution in [0.3, 0.4) is 0 Å². The summed E-state index contributed by atoms with van der Waals surface area (Å²) >= 11 is 0.851. The monoisotopic (exact) mass is 1560 g/mol. The fraction of sp³-hybridized carbons (Fsp3) is 0.479. The Morgan fingerprint density at radius 1 is 0.486 bits per heavy atom. The summed E-state index contributed by atoms with van der Waals surface area (Å²) in [5.74, 6) is -17.4. The molecule has 0 aliphatic carbocycles. The van der Waals surface area contributed by atoms with Crippen molar-refractivity contribution in [3.8, 4) is 0 Å². The molecule has 12 atom stereocenters. The molecule has 3 aromatic carbocycles. The number of aliphatic hydroxyl groups is 1. The number of rotatable bonds is 22. The summed E-state index contributed by atoms with van der Waals surface area (Å²) in [6.07, 6.45) is 1.62. The molecule has 37 nitrogen and oxygen atoms in total. The molecule has 3 heterocycles. The molecule has 2 aromatic heterocycles. The van der Waals surface area contributed by atoms with Gasteiger partial charge in [0, 0.05) is 72.3 Å². The van der Waals surface area contributed by atoms with Gasteiger partial charge in [-0.05, 0) is 72.3 Å². The lowest BCUT2D eigenvalue weighted by atomic mass is 9.96. The SMILES string of the molecule is CC[C@H](C)[C@@H]1NC(=O)[C@H](Cc2ccccc2)NC(=O)CSC[C@@H](C(N)=O)NC(=O)[C@H](C(C)C)NC(=O)[C@H](Cc2c[nH]c3ccccc23)NC(=O)[C@H](CCCNC(=N)N)NC(=O)[C@H](C(C)C)NC(=O)[C@H](Cc2c[nH]c3ccccc23)NC(=O)[C@H](CC(N)=O)NC(=O)[C@H](CCCNC(=N)N)NC(=O)CNC(=O)[C@@H](CO)NC1=O. The highest BCUT2D eigenvalue weighted by atomic mass is 32.2. The zero-order valence-corrected chi connectivity index (χ0v) is 63.5. The van der Waals surface area contributed by atoms with Crippen LogP contribution in [-0.2, 0) is 86.4 Å². The summed E-state index contributed by atoms with van der Waals surface area (Å²) < 4.78 is 0. The van der Waals surface area contributed by atoms with Crippen molar-refractivity contribution in [1.82, 2.24) is 84.4 Å². The number of aromatic amines is 2. The highest BCUT2D eigenvalue weighted by molar-refractivity contribution is 8.00. The van der Waals surface area contributed by atoms with Crippen molar-refractivity contribution in [3.05, 3.63) is 108 Å². The van der Waals surface area contributed by atoms with Crippen molar-refractivity contribution in [2.75, 3.05) is 37.7 Å². The van der Waals surface area contributed by atoms with E-state index in [0.29, 0.717) is 38.5 Å². The minimum Gasteiger partial charge on any atom is -0.394 e. The molecule has 111 heavy (non-hydrogen) atoms. The van der Waals surface area contributed by atoms with E-state index in [1.54, 1.807) is 133 Å². The van der Waals surface area contributed by atoms with Gasteiger partial charge < -0.3 is 112 Å². The van der Waals surface area contributed by atoms with Crippen LogP contribution >= 0.6 is 11.8 Å². The maximum Gasteiger partial charge on any atom is 0.245 e. The van der Waals surface area contributed by atoms with Gasteiger partial charge in [-0.15, -0.1) is 11.8 Å². The number of carbonyl (C=O) groups is 14. The quantitative estimate of drug-likeness (QED) is 0.0179. The molecule has 0 saturated carbocycles. The van der Waals surface area contributed by atoms with Crippen LogP contribution in [0.25, 0.3) is 21.8 Å². The van der Waals surface area contributed by atoms with Gasteiger partial charge >= 0.3 is 0 Å². The first-order valence-corrected chi connectivity index (χ1v) is 37.6. The summed E-state index contributed by atoms with van der Waals surface area (Å²) in [7, 11) is 0. The Kier molecular flexibility index (Phi) is 34.4. The number of amides is 14. The van der Waals surface area contributed by atoms with Gasteiger partial charge in [0.15, 0.2) is 11.9 Å². The molecule has 602 valence electrons. The third-order valence-electron chi connectivity index (χ3n) is 18.4. The topological polar surface area (TPSA) is 611 Å². The van der Waals surface area contributed by atoms with Crippen LogP contribution in [0.15, 0.2) is 91.3 Å². The average Bonchev–Trinajstić information content (AvgIpc) is 1.71. The molecule has 5 aromatic rings. The van der Waals surface area contributed by atoms with Gasteiger partial charge in [-0.25, -0.2) is 0 Å². The van der Waals surface area contributed by atoms with Crippen molar-refractivity contribution in [3.63, 3.8) is 0 Å². The summed E-state index contributed by atoms with van der Waals surface area (Å²) in [6, 6.07) is 5.47. The zero-order valence-electron chi connectivity index (χ0n) is 62.7. The molecule has 14 amide bonds. The number of primary amides is 2. The van der Waals surface area contributed by atoms with E-state index in [1.165, 1.54) is 0 Å². The normalized spacial score (nSPS) is 23.2. The number of carbonyl (C=O) groups excluding carboxylic acids is 14. The van der Waals surface area contributed by atoms with Crippen LogP contribution in [0, 0.1) is 28.6 Å². The van der Waals surface area contributed by atoms with E-state index in [1.807, 2.05) is 0 Å². The second-order valence-electron chi connectivity index (χ2n) is 27.7. The lowest BCUT2D eigenvalue weighted by Gasteiger charge is -2.29. The van der Waals surface area contributed by atoms with Gasteiger partial charge in [0.25, 0.3) is 0 Å². The molecule has 1 aliphatic heterocycles. The van der Waals surface area contributed by atoms with Crippen molar-refractivity contribution in [2.45, 2.75) is 166 Å². The smallest absolute Gasteiger partial charge is 0.245 e. The molecule has 0 bridgehead atoms. The minimum atomic E-state index is -1.88. The number of nitrogens with one attached hydrogen (secondary N) is 18. The third-order valence-corrected chi connectivity index (χ3v) is 19.4. The summed E-state index contributed by atoms with van der Waals surface area (Å²) in [5.41, 5.74) is 25.5. The number of fused-ring (bicyclic) bond motifs is 2. The number of aromatic nitrogens is 2. The Morgan fingerprint density at radius 2 is 0.901 bits per heavy atom. The second kappa shape index (κ2) is 43.4. The second-order valence-corrected chi connectivity index (χ2v) is 28.7. The Balaban J connectivity index is 1.42. The molecule has 0 unspecified atom stereocenters. The number of aliphatic hydroxyl groups excluding tert-OH is 1. The average molecular weight is 1560 g/mol. The van der Waals surface area contributed by atoms with E-state index in [4.69, 9.17) is 33.8 Å². The van der Waals surface area contributed by atoms with E-state index in [2.05, 4.69) is 84.4 Å². The molecule has 6 rings (SSSR count). The molecule has 1 saturated heterocycles. The standard InChI is InChI=1S/C73H104N22O15S/c1-7-39(6)60-71(110)91-53(34-96)62(101)84-33-56(98)85-47(23-15-25-80-72(76)77)63(102)90-52(30-55(74)97)65(104)89-51(29-42-32-83-46-22-14-12-20-44(42)46)68(107)93-58(37(2)3)69(108)87-48(24-16-26-81-73(78)79)64(103)88-50(28-41-31-82-45-21-13-11-19-43(41)45)67(106)94-59(38(4)5)70(109)92-54(61(75)100)35-111-36-57(99)86-49(66(105)95-60)27-40-17-9-8-10-18-40/h8-14,17-22,31-32,37-39,47-54,58-60,82-83,96H,7,15-16,23-30,33-36H2,1-6H3,(H2,74,97)(H2,75,100)(H,84,101)(H,85,98)(H,86,99)(H,87,108)(H,88,103)(H,89,104)(H,90,102)(H,91,110)(H,92,109)(H,93,107)(H,94,106)(H,95,105)(H4,76,77,80)(H4,78,79,81)/t39-,47-,48-,49-,50-,51-,52-,53+,54-,58-,59-,60-/m0/s1. The van der Waals surface area contributed by atoms with Crippen molar-refractivity contribution in [1.29, 1.82) is 10.8 Å². The van der Waals surface area contributed by atoms with E-state index in [9.17, 15) is 62.6 Å². The predicted molar refractivity (Wildman–Crippen MR) is 413 cm³/mol. The van der Waals surface area contributed by atoms with E-state index in [0.717, 1.165) is 11.8 Å². The van der Waals surface area contributed by atoms with Gasteiger partial charge in [-0.1, -0.05) is 115 Å². The summed E-state index contributed by atoms with van der Waals surface area (Å²) in [6.45, 7) is 7.76. The molecular weight excluding hydrogens is 1460 g/mol. The fourth-order valence-corrected chi connectivity index (χ4v) is 13.0. The minimum absolute atomic E-state index is 0.0171. The van der Waals surface area contributed by atoms with Crippen LogP contribution in [-0.4, -0.2) is 214 Å². The highest BCUT2D eigenvalue weighted by Gasteiger charge is 2.39. The van der Waals surface area contributed by atoms with Crippen LogP contribution in [0.5, 0.6) is 0 Å². The summed E-state index contributed by atoms with van der Waals surface area (Å²) in [4.78, 5) is 206. The first-order valence-electron chi connectivity index (χ1n) is 36.4. The Hall–Kier alpha value is -11.8. The number of H-pyrrole nitrogens is 2. The van der Waals surface area contributed by atoms with Crippen molar-refractivity contribution < 1.29 is 72.2 Å². The number of guanidine groups is 2. The van der Waals surface area contributed by atoms with E-state index < -0.39 is 204 Å². The van der Waals surface area contributed by atoms with Gasteiger partial charge in [-0.3, -0.25) is 77.9 Å². The maximum absolute atomic E-state index is 15.1. The van der Waals surface area contributed by atoms with Crippen molar-refractivity contribution >= 4 is 128 Å². The lowest BCUT2D eigenvalue weighted by molar-refractivity contribution is -0.137. The third kappa shape index (κ3) is 27.7. The number of hydrogen-bond donors (Lipinski definition) is 23. The van der Waals surface area contributed by atoms with Gasteiger partial charge in [0.05, 0.1) is 25.3 Å². The van der Waals surface area contributed by atoms with Crippen LogP contribution in [0.1, 0.15) is 96.8 Å². The molecule has 27 N–H and O–H groups in total. The highest BCUT2D eigenvalue weighted by Crippen LogP contribution is 2.23. The van der Waals surface area contributed by atoms with Gasteiger partial charge in [-0.2, -0.15) is 0 Å². The molecule has 0 radical (unpaired) electrons. The first-order chi connectivity index (χ1) is 52.8. The number of thioether (sulfide) groups is 1. The molecule has 1 aliphatic rings. The first kappa shape index (κ1) is 88.1. The van der Waals surface area contributed by atoms with E-state index in [-0.39, 0.29) is 70.2 Å². The largest absolute Gasteiger partial charge is 0.394 e. The van der Waals surface area contributed by atoms with Gasteiger partial charge in [0.1, 0.15) is 66.5 Å². The number of hydrogen-bond acceptors (Lipinski definition) is 18. The molecule has 38 heteroatoms. The predicted octanol–water partition coefficient (Wildman–Crippen LogP) is -3.89. The van der Waals surface area contributed by atoms with E-state index >= 15 is 9.59 Å². The fourth-order valence-electron chi connectivity index (χ4n) is 12.1. The molecular formula is C73H104N22O15S. The van der Waals surface area contributed by atoms with Crippen LogP contribution in [0.4, 0.5) is 0 Å². The van der Waals surface area contributed by atoms with Crippen LogP contribution < -0.4 is 97.4 Å². The van der Waals surface area contributed by atoms with Crippen molar-refractivity contribution in [2.24, 2.45) is 40.7 Å². The molecule has 0 spiro atoms.